The van der Waals surface area contributed by atoms with Crippen LogP contribution in [0.3, 0.4) is 0 Å². The van der Waals surface area contributed by atoms with E-state index < -0.39 is 11.9 Å². The molecule has 4 nitrogen and oxygen atoms in total. The first-order valence-corrected chi connectivity index (χ1v) is 21.2. The van der Waals surface area contributed by atoms with Gasteiger partial charge >= 0.3 is 16.5 Å². The smallest absolute Gasteiger partial charge is 0.550 e. The summed E-state index contributed by atoms with van der Waals surface area (Å²) >= 11 is 0. The van der Waals surface area contributed by atoms with Gasteiger partial charge in [0.15, 0.2) is 0 Å². The zero-order chi connectivity index (χ0) is 35.4. The van der Waals surface area contributed by atoms with Gasteiger partial charge in [-0.15, -0.1) is 0 Å². The number of hydrogen-bond acceptors (Lipinski definition) is 4. The quantitative estimate of drug-likeness (QED) is 0.0359. The van der Waals surface area contributed by atoms with E-state index >= 15 is 0 Å². The molecule has 0 aromatic rings. The van der Waals surface area contributed by atoms with Crippen LogP contribution in [0.4, 0.5) is 0 Å². The molecule has 0 radical (unpaired) electrons. The fourth-order valence-electron chi connectivity index (χ4n) is 6.09. The van der Waals surface area contributed by atoms with Crippen LogP contribution in [0, 0.1) is 0 Å². The third-order valence-electron chi connectivity index (χ3n) is 9.29. The Bertz CT molecular complexity index is 632. The maximum atomic E-state index is 10.3. The van der Waals surface area contributed by atoms with Crippen LogP contribution in [-0.2, 0) is 26.1 Å². The van der Waals surface area contributed by atoms with E-state index in [1.165, 1.54) is 193 Å². The Labute approximate surface area is 316 Å². The Kier molecular flexibility index (Phi) is 52.3. The summed E-state index contributed by atoms with van der Waals surface area (Å²) < 4.78 is 0. The molecule has 0 aliphatic carbocycles. The Morgan fingerprint density at radius 3 is 0.714 bits per heavy atom. The molecular formula is C44H82NiO4. The molecule has 0 bridgehead atoms. The second kappa shape index (κ2) is 49.0. The molecule has 0 spiro atoms. The Morgan fingerprint density at radius 2 is 0.510 bits per heavy atom. The molecule has 0 aliphatic rings. The predicted molar refractivity (Wildman–Crippen MR) is 206 cm³/mol. The van der Waals surface area contributed by atoms with Crippen molar-refractivity contribution in [2.45, 2.75) is 245 Å². The fraction of sp³-hybridized carbons (Fsp3) is 0.864. The Balaban J connectivity index is -0.000000846. The Hall–Kier alpha value is -1.09. The summed E-state index contributed by atoms with van der Waals surface area (Å²) in [5.41, 5.74) is 0. The fourth-order valence-corrected chi connectivity index (χ4v) is 6.09. The van der Waals surface area contributed by atoms with Crippen LogP contribution in [0.25, 0.3) is 0 Å². The molecule has 0 saturated heterocycles. The number of carbonyl (C=O) groups is 2. The van der Waals surface area contributed by atoms with E-state index in [9.17, 15) is 19.8 Å². The monoisotopic (exact) mass is 733 g/mol. The molecule has 0 fully saturated rings. The van der Waals surface area contributed by atoms with Gasteiger partial charge in [-0.05, 0) is 77.0 Å². The van der Waals surface area contributed by atoms with Gasteiger partial charge in [-0.3, -0.25) is 0 Å². The molecule has 0 aromatic heterocycles. The minimum absolute atomic E-state index is 0. The third kappa shape index (κ3) is 56.5. The van der Waals surface area contributed by atoms with E-state index in [0.717, 1.165) is 25.7 Å². The number of rotatable bonds is 38. The minimum atomic E-state index is -0.906. The number of carboxylic acids is 2. The number of allylic oxidation sites excluding steroid dienone is 4. The first-order chi connectivity index (χ1) is 23.5. The van der Waals surface area contributed by atoms with Crippen molar-refractivity contribution in [3.05, 3.63) is 24.3 Å². The van der Waals surface area contributed by atoms with Gasteiger partial charge in [0.25, 0.3) is 0 Å². The van der Waals surface area contributed by atoms with Crippen LogP contribution in [0.1, 0.15) is 245 Å². The van der Waals surface area contributed by atoms with Gasteiger partial charge in [0.2, 0.25) is 0 Å². The van der Waals surface area contributed by atoms with Crippen LogP contribution in [0.5, 0.6) is 0 Å². The van der Waals surface area contributed by atoms with Gasteiger partial charge in [0, 0.05) is 11.9 Å². The summed E-state index contributed by atoms with van der Waals surface area (Å²) in [7, 11) is 0. The molecular weight excluding hydrogens is 651 g/mol. The number of unbranched alkanes of at least 4 members (excludes halogenated alkanes) is 30. The molecule has 49 heavy (non-hydrogen) atoms. The maximum Gasteiger partial charge on any atom is 2.00 e. The standard InChI is InChI=1S/2C22H42O2.Ni/c2*1-2-3-4-5-6-7-8-9-10-11-12-13-14-15-16-17-18-19-20-21-22(23)24;/h2*9-10H,2-8,11-21H2,1H3,(H,23,24);/q;;+2/p-2/b2*10-9-;. The van der Waals surface area contributed by atoms with Gasteiger partial charge in [-0.2, -0.15) is 0 Å². The summed E-state index contributed by atoms with van der Waals surface area (Å²) in [5.74, 6) is -1.81. The van der Waals surface area contributed by atoms with Crippen molar-refractivity contribution < 1.29 is 36.3 Å². The molecule has 0 N–H and O–H groups in total. The van der Waals surface area contributed by atoms with Gasteiger partial charge in [0.05, 0.1) is 0 Å². The predicted octanol–water partition coefficient (Wildman–Crippen LogP) is 12.7. The van der Waals surface area contributed by atoms with Crippen molar-refractivity contribution in [1.29, 1.82) is 0 Å². The summed E-state index contributed by atoms with van der Waals surface area (Å²) in [4.78, 5) is 20.5. The largest absolute Gasteiger partial charge is 2.00 e. The van der Waals surface area contributed by atoms with Gasteiger partial charge in [-0.1, -0.05) is 192 Å². The zero-order valence-corrected chi connectivity index (χ0v) is 33.7. The molecule has 0 aromatic carbocycles. The molecule has 0 heterocycles. The number of carbonyl (C=O) groups excluding carboxylic acids is 2. The number of carboxylic acid groups (broad SMARTS) is 2. The van der Waals surface area contributed by atoms with Crippen molar-refractivity contribution >= 4 is 11.9 Å². The van der Waals surface area contributed by atoms with Crippen LogP contribution in [0.2, 0.25) is 0 Å². The third-order valence-corrected chi connectivity index (χ3v) is 9.29. The molecule has 5 heteroatoms. The SMILES string of the molecule is CCCCCCCC/C=C\CCCCCCCCCCCC(=O)[O-].CCCCCCCC/C=C\CCCCCCCCCCCC(=O)[O-].[Ni+2]. The molecule has 0 rings (SSSR count). The van der Waals surface area contributed by atoms with E-state index in [1.807, 2.05) is 0 Å². The van der Waals surface area contributed by atoms with Crippen molar-refractivity contribution in [3.63, 3.8) is 0 Å². The second-order valence-corrected chi connectivity index (χ2v) is 14.2. The van der Waals surface area contributed by atoms with Crippen molar-refractivity contribution in [1.82, 2.24) is 0 Å². The minimum Gasteiger partial charge on any atom is -0.550 e. The summed E-state index contributed by atoms with van der Waals surface area (Å²) in [6, 6.07) is 0. The second-order valence-electron chi connectivity index (χ2n) is 14.2. The van der Waals surface area contributed by atoms with E-state index in [4.69, 9.17) is 0 Å². The average molecular weight is 734 g/mol. The Morgan fingerprint density at radius 1 is 0.327 bits per heavy atom. The molecule has 292 valence electrons. The van der Waals surface area contributed by atoms with E-state index in [0.29, 0.717) is 0 Å². The number of aliphatic carboxylic acids is 2. The van der Waals surface area contributed by atoms with Crippen molar-refractivity contribution in [3.8, 4) is 0 Å². The number of hydrogen-bond donors (Lipinski definition) is 0. The molecule has 0 amide bonds. The van der Waals surface area contributed by atoms with Crippen LogP contribution >= 0.6 is 0 Å². The maximum absolute atomic E-state index is 10.3. The van der Waals surface area contributed by atoms with Crippen LogP contribution < -0.4 is 10.2 Å². The first-order valence-electron chi connectivity index (χ1n) is 21.2. The topological polar surface area (TPSA) is 80.3 Å². The summed E-state index contributed by atoms with van der Waals surface area (Å²) in [6.45, 7) is 4.54. The van der Waals surface area contributed by atoms with Crippen LogP contribution in [0.15, 0.2) is 24.3 Å². The first kappa shape index (κ1) is 52.3. The summed E-state index contributed by atoms with van der Waals surface area (Å²) in [5, 5.41) is 20.5. The zero-order valence-electron chi connectivity index (χ0n) is 32.7. The summed E-state index contributed by atoms with van der Waals surface area (Å²) in [6.07, 6.45) is 53.5. The molecule has 0 atom stereocenters. The van der Waals surface area contributed by atoms with Gasteiger partial charge in [0.1, 0.15) is 0 Å². The van der Waals surface area contributed by atoms with E-state index in [-0.39, 0.29) is 29.3 Å². The van der Waals surface area contributed by atoms with Crippen LogP contribution in [-0.4, -0.2) is 11.9 Å². The molecule has 0 aliphatic heterocycles. The van der Waals surface area contributed by atoms with Crippen molar-refractivity contribution in [2.24, 2.45) is 0 Å². The van der Waals surface area contributed by atoms with Gasteiger partial charge < -0.3 is 19.8 Å². The van der Waals surface area contributed by atoms with E-state index in [2.05, 4.69) is 38.2 Å². The molecule has 0 saturated carbocycles. The van der Waals surface area contributed by atoms with Crippen molar-refractivity contribution in [2.75, 3.05) is 0 Å². The molecule has 0 unspecified atom stereocenters. The normalized spacial score (nSPS) is 11.1. The van der Waals surface area contributed by atoms with Gasteiger partial charge in [-0.25, -0.2) is 0 Å². The van der Waals surface area contributed by atoms with E-state index in [1.54, 1.807) is 0 Å². The average Bonchev–Trinajstić information content (AvgIpc) is 3.07.